The highest BCUT2D eigenvalue weighted by molar-refractivity contribution is 7.91. The number of fused-ring (bicyclic) bond motifs is 1. The maximum atomic E-state index is 13.4. The SMILES string of the molecule is COC(=O)c1sc(-n2cnc3ccc(CS(=O)(=O)C4CCN(C(=O)OCC(C)C)CC4)cc32)cc1O[C@H](C)c1ccccc1Cl. The van der Waals surface area contributed by atoms with Crippen LogP contribution < -0.4 is 4.74 Å². The molecule has 1 aliphatic heterocycles. The lowest BCUT2D eigenvalue weighted by Gasteiger charge is -2.31. The number of esters is 1. The second-order valence-electron chi connectivity index (χ2n) is 11.5. The Kier molecular flexibility index (Phi) is 10.0. The molecule has 1 saturated heterocycles. The molecule has 1 fully saturated rings. The predicted octanol–water partition coefficient (Wildman–Crippen LogP) is 6.84. The summed E-state index contributed by atoms with van der Waals surface area (Å²) < 4.78 is 45.2. The van der Waals surface area contributed by atoms with Gasteiger partial charge in [0.2, 0.25) is 0 Å². The summed E-state index contributed by atoms with van der Waals surface area (Å²) in [6.45, 7) is 6.79. The minimum Gasteiger partial charge on any atom is -0.484 e. The average Bonchev–Trinajstić information content (AvgIpc) is 3.63. The van der Waals surface area contributed by atoms with E-state index in [4.69, 9.17) is 25.8 Å². The Morgan fingerprint density at radius 3 is 2.51 bits per heavy atom. The van der Waals surface area contributed by atoms with Gasteiger partial charge >= 0.3 is 12.1 Å². The number of carbonyl (C=O) groups excluding carboxylic acids is 2. The maximum absolute atomic E-state index is 13.4. The Balaban J connectivity index is 1.35. The largest absolute Gasteiger partial charge is 0.484 e. The minimum absolute atomic E-state index is 0.141. The van der Waals surface area contributed by atoms with E-state index in [1.54, 1.807) is 40.1 Å². The van der Waals surface area contributed by atoms with E-state index in [9.17, 15) is 18.0 Å². The molecule has 0 aliphatic carbocycles. The van der Waals surface area contributed by atoms with Gasteiger partial charge in [0.05, 0.1) is 35.8 Å². The molecular weight excluding hydrogens is 638 g/mol. The fourth-order valence-corrected chi connectivity index (χ4v) is 8.35. The molecular formula is C32H36ClN3O7S2. The van der Waals surface area contributed by atoms with Crippen molar-refractivity contribution in [2.24, 2.45) is 5.92 Å². The molecule has 3 heterocycles. The number of ether oxygens (including phenoxy) is 3. The van der Waals surface area contributed by atoms with Crippen molar-refractivity contribution in [1.82, 2.24) is 14.5 Å². The number of methoxy groups -OCH3 is 1. The number of thiophene rings is 1. The number of halogens is 1. The molecule has 0 N–H and O–H groups in total. The molecule has 0 bridgehead atoms. The molecule has 2 aromatic heterocycles. The highest BCUT2D eigenvalue weighted by atomic mass is 35.5. The van der Waals surface area contributed by atoms with Gasteiger partial charge in [-0.1, -0.05) is 49.7 Å². The van der Waals surface area contributed by atoms with Gasteiger partial charge in [-0.3, -0.25) is 4.57 Å². The number of hydrogen-bond acceptors (Lipinski definition) is 9. The van der Waals surface area contributed by atoms with E-state index in [0.29, 0.717) is 64.9 Å². The van der Waals surface area contributed by atoms with Gasteiger partial charge in [-0.15, -0.1) is 11.3 Å². The van der Waals surface area contributed by atoms with Crippen molar-refractivity contribution in [2.45, 2.75) is 50.7 Å². The number of hydrogen-bond donors (Lipinski definition) is 0. The third-order valence-corrected chi connectivity index (χ3v) is 11.3. The summed E-state index contributed by atoms with van der Waals surface area (Å²) in [7, 11) is -2.19. The summed E-state index contributed by atoms with van der Waals surface area (Å²) in [6.07, 6.45) is 1.51. The average molecular weight is 674 g/mol. The molecule has 0 radical (unpaired) electrons. The van der Waals surface area contributed by atoms with E-state index >= 15 is 0 Å². The molecule has 0 saturated carbocycles. The highest BCUT2D eigenvalue weighted by Gasteiger charge is 2.32. The Bertz CT molecular complexity index is 1790. The number of aromatic nitrogens is 2. The molecule has 45 heavy (non-hydrogen) atoms. The molecule has 13 heteroatoms. The van der Waals surface area contributed by atoms with Crippen LogP contribution in [0.2, 0.25) is 5.02 Å². The quantitative estimate of drug-likeness (QED) is 0.168. The van der Waals surface area contributed by atoms with E-state index in [0.717, 1.165) is 5.56 Å². The Morgan fingerprint density at radius 1 is 1.09 bits per heavy atom. The first-order valence-electron chi connectivity index (χ1n) is 14.7. The predicted molar refractivity (Wildman–Crippen MR) is 174 cm³/mol. The van der Waals surface area contributed by atoms with Gasteiger partial charge in [-0.2, -0.15) is 0 Å². The first-order chi connectivity index (χ1) is 21.5. The molecule has 240 valence electrons. The summed E-state index contributed by atoms with van der Waals surface area (Å²) >= 11 is 7.56. The van der Waals surface area contributed by atoms with Crippen molar-refractivity contribution in [3.63, 3.8) is 0 Å². The monoisotopic (exact) mass is 673 g/mol. The van der Waals surface area contributed by atoms with Crippen molar-refractivity contribution < 1.29 is 32.2 Å². The standard InChI is InChI=1S/C32H36ClN3O7S2/c1-20(2)17-42-32(38)35-13-11-23(12-14-35)45(39,40)18-22-9-10-26-27(15-22)36(19-34-26)29-16-28(30(44-29)31(37)41-4)43-21(3)24-7-5-6-8-25(24)33/h5-10,15-16,19-21,23H,11-14,17-18H2,1-4H3/t21-/m1/s1. The Hall–Kier alpha value is -3.61. The Labute approximate surface area is 271 Å². The van der Waals surface area contributed by atoms with E-state index in [1.165, 1.54) is 18.4 Å². The van der Waals surface area contributed by atoms with Gasteiger partial charge in [-0.05, 0) is 49.4 Å². The van der Waals surface area contributed by atoms with Crippen LogP contribution in [0.3, 0.4) is 0 Å². The second-order valence-corrected chi connectivity index (χ2v) is 15.2. The van der Waals surface area contributed by atoms with Crippen LogP contribution in [0.15, 0.2) is 54.9 Å². The first kappa shape index (κ1) is 32.8. The topological polar surface area (TPSA) is 117 Å². The summed E-state index contributed by atoms with van der Waals surface area (Å²) in [5.41, 5.74) is 2.76. The summed E-state index contributed by atoms with van der Waals surface area (Å²) in [5, 5.41) is 0.654. The Morgan fingerprint density at radius 2 is 1.82 bits per heavy atom. The number of sulfone groups is 1. The van der Waals surface area contributed by atoms with Gasteiger partial charge in [0.1, 0.15) is 23.2 Å². The highest BCUT2D eigenvalue weighted by Crippen LogP contribution is 2.38. The molecule has 1 amide bonds. The third kappa shape index (κ3) is 7.45. The van der Waals surface area contributed by atoms with Crippen LogP contribution in [-0.4, -0.2) is 67.0 Å². The maximum Gasteiger partial charge on any atom is 0.409 e. The van der Waals surface area contributed by atoms with Crippen LogP contribution in [0.25, 0.3) is 16.0 Å². The summed E-state index contributed by atoms with van der Waals surface area (Å²) in [4.78, 5) is 31.4. The van der Waals surface area contributed by atoms with E-state index in [2.05, 4.69) is 4.98 Å². The number of likely N-dealkylation sites (tertiary alicyclic amines) is 1. The minimum atomic E-state index is -3.50. The fourth-order valence-electron chi connectivity index (χ4n) is 5.26. The third-order valence-electron chi connectivity index (χ3n) is 7.67. The molecule has 1 aliphatic rings. The normalized spacial score (nSPS) is 14.9. The number of nitrogens with zero attached hydrogens (tertiary/aromatic N) is 3. The van der Waals surface area contributed by atoms with Crippen LogP contribution in [0.1, 0.15) is 60.5 Å². The van der Waals surface area contributed by atoms with Crippen molar-refractivity contribution in [3.8, 4) is 10.8 Å². The lowest BCUT2D eigenvalue weighted by molar-refractivity contribution is 0.0599. The van der Waals surface area contributed by atoms with Gasteiger partial charge in [0, 0.05) is 29.7 Å². The van der Waals surface area contributed by atoms with Crippen molar-refractivity contribution in [1.29, 1.82) is 0 Å². The summed E-state index contributed by atoms with van der Waals surface area (Å²) in [6, 6.07) is 14.4. The zero-order chi connectivity index (χ0) is 32.3. The van der Waals surface area contributed by atoms with Crippen LogP contribution in [-0.2, 0) is 25.1 Å². The lowest BCUT2D eigenvalue weighted by atomic mass is 10.1. The smallest absolute Gasteiger partial charge is 0.409 e. The summed E-state index contributed by atoms with van der Waals surface area (Å²) in [5.74, 6) is -0.107. The van der Waals surface area contributed by atoms with Gasteiger partial charge in [0.15, 0.2) is 14.7 Å². The second kappa shape index (κ2) is 13.8. The van der Waals surface area contributed by atoms with E-state index in [-0.39, 0.29) is 16.5 Å². The van der Waals surface area contributed by atoms with Crippen LogP contribution >= 0.6 is 22.9 Å². The van der Waals surface area contributed by atoms with Crippen molar-refractivity contribution in [3.05, 3.63) is 75.9 Å². The number of imidazole rings is 1. The van der Waals surface area contributed by atoms with Crippen molar-refractivity contribution >= 4 is 55.9 Å². The number of benzene rings is 2. The zero-order valence-corrected chi connectivity index (χ0v) is 28.0. The molecule has 10 nitrogen and oxygen atoms in total. The lowest BCUT2D eigenvalue weighted by Crippen LogP contribution is -2.43. The number of rotatable bonds is 10. The van der Waals surface area contributed by atoms with E-state index in [1.807, 2.05) is 45.0 Å². The molecule has 5 rings (SSSR count). The van der Waals surface area contributed by atoms with Crippen molar-refractivity contribution in [2.75, 3.05) is 26.8 Å². The van der Waals surface area contributed by atoms with Crippen LogP contribution in [0, 0.1) is 5.92 Å². The van der Waals surface area contributed by atoms with Gasteiger partial charge in [0.25, 0.3) is 0 Å². The first-order valence-corrected chi connectivity index (χ1v) is 17.6. The molecule has 4 aromatic rings. The molecule has 0 spiro atoms. The van der Waals surface area contributed by atoms with Crippen LogP contribution in [0.4, 0.5) is 4.79 Å². The van der Waals surface area contributed by atoms with Crippen LogP contribution in [0.5, 0.6) is 5.75 Å². The molecule has 2 aromatic carbocycles. The number of carbonyl (C=O) groups is 2. The van der Waals surface area contributed by atoms with E-state index < -0.39 is 33.3 Å². The fraction of sp³-hybridized carbons (Fsp3) is 0.406. The molecule has 0 unspecified atom stereocenters. The van der Waals surface area contributed by atoms with Gasteiger partial charge < -0.3 is 19.1 Å². The number of amides is 1. The van der Waals surface area contributed by atoms with Gasteiger partial charge in [-0.25, -0.2) is 23.0 Å². The molecule has 1 atom stereocenters. The zero-order valence-electron chi connectivity index (χ0n) is 25.6. The number of piperidine rings is 1.